The van der Waals surface area contributed by atoms with Crippen molar-refractivity contribution < 1.29 is 18.3 Å². The molecule has 0 aromatic heterocycles. The summed E-state index contributed by atoms with van der Waals surface area (Å²) < 4.78 is 28.6. The Kier molecular flexibility index (Phi) is 8.02. The van der Waals surface area contributed by atoms with Crippen LogP contribution >= 0.6 is 12.4 Å². The van der Waals surface area contributed by atoms with Gasteiger partial charge in [0, 0.05) is 24.7 Å². The number of hydrogen-bond acceptors (Lipinski definition) is 3. The molecule has 0 fully saturated rings. The Morgan fingerprint density at radius 2 is 2.11 bits per heavy atom. The SMILES string of the molecule is CNCCC(=O)Nc1ccc(C)c(OC(F)F)c1.Cl. The lowest BCUT2D eigenvalue weighted by molar-refractivity contribution is -0.116. The molecule has 0 aliphatic heterocycles. The fourth-order valence-electron chi connectivity index (χ4n) is 1.36. The first kappa shape index (κ1) is 17.6. The van der Waals surface area contributed by atoms with Gasteiger partial charge in [-0.25, -0.2) is 0 Å². The Morgan fingerprint density at radius 1 is 1.42 bits per heavy atom. The zero-order valence-electron chi connectivity index (χ0n) is 10.7. The molecule has 1 aromatic carbocycles. The number of amides is 1. The molecule has 2 N–H and O–H groups in total. The molecular weight excluding hydrogens is 278 g/mol. The highest BCUT2D eigenvalue weighted by Gasteiger charge is 2.09. The number of hydrogen-bond donors (Lipinski definition) is 2. The van der Waals surface area contributed by atoms with Crippen molar-refractivity contribution in [2.45, 2.75) is 20.0 Å². The molecule has 0 atom stereocenters. The standard InChI is InChI=1S/C12H16F2N2O2.ClH/c1-8-3-4-9(7-10(8)18-12(13)14)16-11(17)5-6-15-2;/h3-4,7,12,15H,5-6H2,1-2H3,(H,16,17);1H. The number of carbonyl (C=O) groups excluding carboxylic acids is 1. The van der Waals surface area contributed by atoms with Crippen LogP contribution in [0.1, 0.15) is 12.0 Å². The highest BCUT2D eigenvalue weighted by atomic mass is 35.5. The van der Waals surface area contributed by atoms with Crippen molar-refractivity contribution in [1.82, 2.24) is 5.32 Å². The number of alkyl halides is 2. The Labute approximate surface area is 116 Å². The minimum Gasteiger partial charge on any atom is -0.434 e. The molecule has 108 valence electrons. The third kappa shape index (κ3) is 6.35. The summed E-state index contributed by atoms with van der Waals surface area (Å²) in [6.45, 7) is -0.665. The van der Waals surface area contributed by atoms with Crippen LogP contribution in [0.4, 0.5) is 14.5 Å². The lowest BCUT2D eigenvalue weighted by Gasteiger charge is -2.11. The number of anilines is 1. The van der Waals surface area contributed by atoms with E-state index in [0.717, 1.165) is 0 Å². The fraction of sp³-hybridized carbons (Fsp3) is 0.417. The van der Waals surface area contributed by atoms with E-state index in [1.807, 2.05) is 0 Å². The summed E-state index contributed by atoms with van der Waals surface area (Å²) in [5.74, 6) is -0.118. The zero-order valence-corrected chi connectivity index (χ0v) is 11.5. The second-order valence-corrected chi connectivity index (χ2v) is 3.76. The molecule has 0 aliphatic carbocycles. The third-order valence-electron chi connectivity index (χ3n) is 2.29. The van der Waals surface area contributed by atoms with E-state index in [0.29, 0.717) is 24.2 Å². The molecule has 0 unspecified atom stereocenters. The van der Waals surface area contributed by atoms with E-state index in [-0.39, 0.29) is 24.1 Å². The van der Waals surface area contributed by atoms with Gasteiger partial charge in [0.15, 0.2) is 0 Å². The van der Waals surface area contributed by atoms with Crippen LogP contribution in [0.3, 0.4) is 0 Å². The Bertz CT molecular complexity index is 417. The summed E-state index contributed by atoms with van der Waals surface area (Å²) in [6.07, 6.45) is 0.315. The van der Waals surface area contributed by atoms with Gasteiger partial charge in [-0.3, -0.25) is 4.79 Å². The molecule has 0 bridgehead atoms. The zero-order chi connectivity index (χ0) is 13.5. The number of nitrogens with one attached hydrogen (secondary N) is 2. The molecule has 4 nitrogen and oxygen atoms in total. The van der Waals surface area contributed by atoms with E-state index < -0.39 is 6.61 Å². The van der Waals surface area contributed by atoms with Crippen LogP contribution < -0.4 is 15.4 Å². The van der Waals surface area contributed by atoms with Crippen LogP contribution in [0.2, 0.25) is 0 Å². The molecule has 1 rings (SSSR count). The quantitative estimate of drug-likeness (QED) is 0.848. The van der Waals surface area contributed by atoms with Gasteiger partial charge in [0.05, 0.1) is 0 Å². The molecule has 7 heteroatoms. The van der Waals surface area contributed by atoms with Gasteiger partial charge < -0.3 is 15.4 Å². The molecule has 0 radical (unpaired) electrons. The van der Waals surface area contributed by atoms with Crippen molar-refractivity contribution >= 4 is 24.0 Å². The van der Waals surface area contributed by atoms with Crippen molar-refractivity contribution in [2.75, 3.05) is 18.9 Å². The van der Waals surface area contributed by atoms with Crippen LogP contribution in [0, 0.1) is 6.92 Å². The average molecular weight is 295 g/mol. The van der Waals surface area contributed by atoms with Gasteiger partial charge in [0.1, 0.15) is 5.75 Å². The molecular formula is C12H17ClF2N2O2. The Morgan fingerprint density at radius 3 is 2.68 bits per heavy atom. The lowest BCUT2D eigenvalue weighted by Crippen LogP contribution is -2.18. The smallest absolute Gasteiger partial charge is 0.387 e. The van der Waals surface area contributed by atoms with Gasteiger partial charge in [-0.05, 0) is 25.6 Å². The molecule has 19 heavy (non-hydrogen) atoms. The number of aryl methyl sites for hydroxylation is 1. The predicted molar refractivity (Wildman–Crippen MR) is 72.2 cm³/mol. The third-order valence-corrected chi connectivity index (χ3v) is 2.29. The topological polar surface area (TPSA) is 50.4 Å². The fourth-order valence-corrected chi connectivity index (χ4v) is 1.36. The molecule has 0 spiro atoms. The van der Waals surface area contributed by atoms with Crippen LogP contribution in [0.5, 0.6) is 5.75 Å². The van der Waals surface area contributed by atoms with Gasteiger partial charge in [0.25, 0.3) is 0 Å². The highest BCUT2D eigenvalue weighted by Crippen LogP contribution is 2.24. The van der Waals surface area contributed by atoms with Crippen molar-refractivity contribution in [3.8, 4) is 5.75 Å². The second kappa shape index (κ2) is 8.66. The molecule has 0 heterocycles. The molecule has 0 saturated heterocycles. The first-order valence-corrected chi connectivity index (χ1v) is 5.53. The van der Waals surface area contributed by atoms with Crippen LogP contribution in [0.15, 0.2) is 18.2 Å². The van der Waals surface area contributed by atoms with Gasteiger partial charge in [0.2, 0.25) is 5.91 Å². The summed E-state index contributed by atoms with van der Waals surface area (Å²) in [7, 11) is 1.74. The summed E-state index contributed by atoms with van der Waals surface area (Å²) in [6, 6.07) is 4.65. The molecule has 0 aliphatic rings. The van der Waals surface area contributed by atoms with Gasteiger partial charge >= 0.3 is 6.61 Å². The normalized spacial score (nSPS) is 9.95. The van der Waals surface area contributed by atoms with Gasteiger partial charge in [-0.1, -0.05) is 6.07 Å². The number of benzene rings is 1. The van der Waals surface area contributed by atoms with Crippen molar-refractivity contribution in [1.29, 1.82) is 0 Å². The van der Waals surface area contributed by atoms with Crippen LogP contribution in [0.25, 0.3) is 0 Å². The minimum absolute atomic E-state index is 0. The monoisotopic (exact) mass is 294 g/mol. The largest absolute Gasteiger partial charge is 0.434 e. The molecule has 1 aromatic rings. The van der Waals surface area contributed by atoms with E-state index in [2.05, 4.69) is 15.4 Å². The van der Waals surface area contributed by atoms with E-state index >= 15 is 0 Å². The maximum atomic E-state index is 12.1. The maximum absolute atomic E-state index is 12.1. The Hall–Kier alpha value is -1.40. The summed E-state index contributed by atoms with van der Waals surface area (Å²) in [5.41, 5.74) is 1.03. The van der Waals surface area contributed by atoms with E-state index in [4.69, 9.17) is 0 Å². The van der Waals surface area contributed by atoms with Crippen LogP contribution in [-0.2, 0) is 4.79 Å². The van der Waals surface area contributed by atoms with Gasteiger partial charge in [-0.2, -0.15) is 8.78 Å². The van der Waals surface area contributed by atoms with E-state index in [9.17, 15) is 13.6 Å². The van der Waals surface area contributed by atoms with Crippen molar-refractivity contribution in [3.05, 3.63) is 23.8 Å². The van der Waals surface area contributed by atoms with Crippen molar-refractivity contribution in [3.63, 3.8) is 0 Å². The Balaban J connectivity index is 0.00000324. The maximum Gasteiger partial charge on any atom is 0.387 e. The number of ether oxygens (including phenoxy) is 1. The molecule has 1 amide bonds. The second-order valence-electron chi connectivity index (χ2n) is 3.76. The summed E-state index contributed by atoms with van der Waals surface area (Å²) in [5, 5.41) is 5.46. The average Bonchev–Trinajstić information content (AvgIpc) is 2.30. The summed E-state index contributed by atoms with van der Waals surface area (Å²) >= 11 is 0. The van der Waals surface area contributed by atoms with Crippen LogP contribution in [-0.4, -0.2) is 26.1 Å². The van der Waals surface area contributed by atoms with Crippen molar-refractivity contribution in [2.24, 2.45) is 0 Å². The van der Waals surface area contributed by atoms with E-state index in [1.165, 1.54) is 6.07 Å². The predicted octanol–water partition coefficient (Wildman–Crippen LogP) is 2.57. The highest BCUT2D eigenvalue weighted by molar-refractivity contribution is 5.91. The van der Waals surface area contributed by atoms with E-state index in [1.54, 1.807) is 26.1 Å². The first-order valence-electron chi connectivity index (χ1n) is 5.53. The minimum atomic E-state index is -2.88. The first-order chi connectivity index (χ1) is 8.52. The van der Waals surface area contributed by atoms with Gasteiger partial charge in [-0.15, -0.1) is 12.4 Å². The summed E-state index contributed by atoms with van der Waals surface area (Å²) in [4.78, 5) is 11.4. The lowest BCUT2D eigenvalue weighted by atomic mass is 10.2. The number of carbonyl (C=O) groups is 1. The number of halogens is 3. The molecule has 0 saturated carbocycles. The number of rotatable bonds is 6.